The summed E-state index contributed by atoms with van der Waals surface area (Å²) in [7, 11) is 1.73. The van der Waals surface area contributed by atoms with Gasteiger partial charge in [-0.3, -0.25) is 4.68 Å². The fourth-order valence-electron chi connectivity index (χ4n) is 2.30. The molecule has 0 amide bonds. The van der Waals surface area contributed by atoms with E-state index in [1.54, 1.807) is 7.11 Å². The van der Waals surface area contributed by atoms with Gasteiger partial charge in [-0.1, -0.05) is 20.8 Å². The zero-order valence-electron chi connectivity index (χ0n) is 12.9. The molecule has 110 valence electrons. The number of hydrogen-bond donors (Lipinski definition) is 1. The molecular formula is C15H29N3O. The van der Waals surface area contributed by atoms with Crippen LogP contribution in [0.4, 0.5) is 0 Å². The topological polar surface area (TPSA) is 39.1 Å². The molecule has 0 bridgehead atoms. The van der Waals surface area contributed by atoms with Gasteiger partial charge in [-0.25, -0.2) is 0 Å². The first kappa shape index (κ1) is 16.2. The van der Waals surface area contributed by atoms with Gasteiger partial charge in [0.15, 0.2) is 0 Å². The maximum absolute atomic E-state index is 5.02. The number of methoxy groups -OCH3 is 1. The summed E-state index contributed by atoms with van der Waals surface area (Å²) in [6.07, 6.45) is 5.45. The Labute approximate surface area is 117 Å². The summed E-state index contributed by atoms with van der Waals surface area (Å²) < 4.78 is 7.14. The van der Waals surface area contributed by atoms with Gasteiger partial charge >= 0.3 is 0 Å². The largest absolute Gasteiger partial charge is 0.383 e. The van der Waals surface area contributed by atoms with E-state index >= 15 is 0 Å². The summed E-state index contributed by atoms with van der Waals surface area (Å²) in [6, 6.07) is 2.70. The second-order valence-electron chi connectivity index (χ2n) is 5.26. The summed E-state index contributed by atoms with van der Waals surface area (Å²) in [5.74, 6) is 0.599. The standard InChI is InChI=1S/C15H29N3O/c1-5-15(6-2)18-9-7-14(17-18)11-13(3)12-16-8-10-19-4/h7,9,13,15-16H,5-6,8,10-12H2,1-4H3. The van der Waals surface area contributed by atoms with Gasteiger partial charge in [0, 0.05) is 19.9 Å². The molecule has 4 heteroatoms. The number of nitrogens with one attached hydrogen (secondary N) is 1. The zero-order valence-corrected chi connectivity index (χ0v) is 12.9. The average Bonchev–Trinajstić information content (AvgIpc) is 2.84. The van der Waals surface area contributed by atoms with E-state index in [4.69, 9.17) is 9.84 Å². The van der Waals surface area contributed by atoms with Crippen LogP contribution >= 0.6 is 0 Å². The molecule has 4 nitrogen and oxygen atoms in total. The smallest absolute Gasteiger partial charge is 0.0627 e. The van der Waals surface area contributed by atoms with Gasteiger partial charge in [0.1, 0.15) is 0 Å². The maximum atomic E-state index is 5.02. The zero-order chi connectivity index (χ0) is 14.1. The molecule has 0 aromatic carbocycles. The summed E-state index contributed by atoms with van der Waals surface area (Å²) >= 11 is 0. The molecule has 0 saturated carbocycles. The first-order chi connectivity index (χ1) is 9.21. The molecule has 1 aromatic heterocycles. The lowest BCUT2D eigenvalue weighted by Crippen LogP contribution is -2.25. The number of ether oxygens (including phenoxy) is 1. The number of aromatic nitrogens is 2. The highest BCUT2D eigenvalue weighted by molar-refractivity contribution is 5.01. The summed E-state index contributed by atoms with van der Waals surface area (Å²) in [6.45, 7) is 9.41. The van der Waals surface area contributed by atoms with E-state index in [0.717, 1.165) is 39.0 Å². The van der Waals surface area contributed by atoms with Crippen LogP contribution in [0, 0.1) is 5.92 Å². The van der Waals surface area contributed by atoms with Crippen LogP contribution in [-0.4, -0.2) is 36.6 Å². The monoisotopic (exact) mass is 267 g/mol. The quantitative estimate of drug-likeness (QED) is 0.662. The van der Waals surface area contributed by atoms with Gasteiger partial charge in [0.05, 0.1) is 18.3 Å². The third-order valence-electron chi connectivity index (χ3n) is 3.51. The maximum Gasteiger partial charge on any atom is 0.0627 e. The van der Waals surface area contributed by atoms with E-state index in [-0.39, 0.29) is 0 Å². The van der Waals surface area contributed by atoms with Crippen LogP contribution in [0.5, 0.6) is 0 Å². The average molecular weight is 267 g/mol. The van der Waals surface area contributed by atoms with Crippen LogP contribution < -0.4 is 5.32 Å². The Bertz CT molecular complexity index is 334. The minimum atomic E-state index is 0.545. The van der Waals surface area contributed by atoms with E-state index in [1.807, 2.05) is 0 Å². The lowest BCUT2D eigenvalue weighted by Gasteiger charge is -2.13. The van der Waals surface area contributed by atoms with Crippen LogP contribution in [0.15, 0.2) is 12.3 Å². The van der Waals surface area contributed by atoms with E-state index in [2.05, 4.69) is 43.0 Å². The van der Waals surface area contributed by atoms with Crippen molar-refractivity contribution in [2.24, 2.45) is 5.92 Å². The number of rotatable bonds is 10. The molecule has 1 heterocycles. The van der Waals surface area contributed by atoms with Crippen molar-refractivity contribution in [3.8, 4) is 0 Å². The highest BCUT2D eigenvalue weighted by Crippen LogP contribution is 2.15. The van der Waals surface area contributed by atoms with Crippen molar-refractivity contribution in [2.75, 3.05) is 26.8 Å². The number of hydrogen-bond acceptors (Lipinski definition) is 3. The predicted octanol–water partition coefficient (Wildman–Crippen LogP) is 2.66. The molecule has 0 spiro atoms. The molecule has 0 saturated heterocycles. The van der Waals surface area contributed by atoms with Gasteiger partial charge in [0.2, 0.25) is 0 Å². The minimum absolute atomic E-state index is 0.545. The van der Waals surface area contributed by atoms with Crippen molar-refractivity contribution >= 4 is 0 Å². The van der Waals surface area contributed by atoms with Crippen molar-refractivity contribution < 1.29 is 4.74 Å². The number of nitrogens with zero attached hydrogens (tertiary/aromatic N) is 2. The van der Waals surface area contributed by atoms with Crippen LogP contribution in [0.3, 0.4) is 0 Å². The first-order valence-corrected chi connectivity index (χ1v) is 7.44. The third-order valence-corrected chi connectivity index (χ3v) is 3.51. The second-order valence-corrected chi connectivity index (χ2v) is 5.26. The predicted molar refractivity (Wildman–Crippen MR) is 79.5 cm³/mol. The molecule has 0 aliphatic rings. The minimum Gasteiger partial charge on any atom is -0.383 e. The van der Waals surface area contributed by atoms with Crippen LogP contribution in [0.2, 0.25) is 0 Å². The molecular weight excluding hydrogens is 238 g/mol. The van der Waals surface area contributed by atoms with Crippen LogP contribution in [0.25, 0.3) is 0 Å². The normalized spacial score (nSPS) is 13.1. The highest BCUT2D eigenvalue weighted by Gasteiger charge is 2.10. The van der Waals surface area contributed by atoms with Gasteiger partial charge in [-0.15, -0.1) is 0 Å². The fourth-order valence-corrected chi connectivity index (χ4v) is 2.30. The third kappa shape index (κ3) is 5.74. The Hall–Kier alpha value is -0.870. The van der Waals surface area contributed by atoms with Crippen molar-refractivity contribution in [3.63, 3.8) is 0 Å². The van der Waals surface area contributed by atoms with E-state index in [0.29, 0.717) is 12.0 Å². The van der Waals surface area contributed by atoms with Crippen LogP contribution in [0.1, 0.15) is 45.3 Å². The van der Waals surface area contributed by atoms with E-state index in [1.165, 1.54) is 5.69 Å². The molecule has 0 aliphatic heterocycles. The van der Waals surface area contributed by atoms with Crippen molar-refractivity contribution in [1.29, 1.82) is 0 Å². The lowest BCUT2D eigenvalue weighted by molar-refractivity contribution is 0.198. The Balaban J connectivity index is 2.36. The molecule has 19 heavy (non-hydrogen) atoms. The molecule has 0 fully saturated rings. The SMILES string of the molecule is CCC(CC)n1ccc(CC(C)CNCCOC)n1. The molecule has 1 atom stereocenters. The van der Waals surface area contributed by atoms with E-state index < -0.39 is 0 Å². The Kier molecular flexibility index (Phi) is 7.75. The molecule has 0 aliphatic carbocycles. The molecule has 1 rings (SSSR count). The Morgan fingerprint density at radius 1 is 1.37 bits per heavy atom. The molecule has 1 aromatic rings. The fraction of sp³-hybridized carbons (Fsp3) is 0.800. The van der Waals surface area contributed by atoms with Gasteiger partial charge < -0.3 is 10.1 Å². The summed E-state index contributed by atoms with van der Waals surface area (Å²) in [5.41, 5.74) is 1.20. The molecule has 1 N–H and O–H groups in total. The van der Waals surface area contributed by atoms with Gasteiger partial charge in [0.25, 0.3) is 0 Å². The van der Waals surface area contributed by atoms with Gasteiger partial charge in [-0.05, 0) is 37.8 Å². The lowest BCUT2D eigenvalue weighted by atomic mass is 10.1. The van der Waals surface area contributed by atoms with Gasteiger partial charge in [-0.2, -0.15) is 5.10 Å². The first-order valence-electron chi connectivity index (χ1n) is 7.44. The Morgan fingerprint density at radius 2 is 2.11 bits per heavy atom. The van der Waals surface area contributed by atoms with Crippen molar-refractivity contribution in [2.45, 2.75) is 46.1 Å². The van der Waals surface area contributed by atoms with Crippen LogP contribution in [-0.2, 0) is 11.2 Å². The summed E-state index contributed by atoms with van der Waals surface area (Å²) in [4.78, 5) is 0. The summed E-state index contributed by atoms with van der Waals surface area (Å²) in [5, 5.41) is 8.10. The Morgan fingerprint density at radius 3 is 2.74 bits per heavy atom. The second kappa shape index (κ2) is 9.10. The van der Waals surface area contributed by atoms with Crippen molar-refractivity contribution in [1.82, 2.24) is 15.1 Å². The molecule has 1 unspecified atom stereocenters. The van der Waals surface area contributed by atoms with Crippen molar-refractivity contribution in [3.05, 3.63) is 18.0 Å². The highest BCUT2D eigenvalue weighted by atomic mass is 16.5. The van der Waals surface area contributed by atoms with E-state index in [9.17, 15) is 0 Å². The molecule has 0 radical (unpaired) electrons.